The van der Waals surface area contributed by atoms with E-state index in [1.807, 2.05) is 12.1 Å². The molecule has 2 N–H and O–H groups in total. The molecule has 26 heavy (non-hydrogen) atoms. The van der Waals surface area contributed by atoms with Crippen molar-refractivity contribution in [1.29, 1.82) is 0 Å². The van der Waals surface area contributed by atoms with Gasteiger partial charge in [0.05, 0.1) is 19.2 Å². The number of amides is 2. The van der Waals surface area contributed by atoms with Crippen molar-refractivity contribution in [2.75, 3.05) is 20.2 Å². The van der Waals surface area contributed by atoms with Crippen LogP contribution in [0.5, 0.6) is 5.75 Å². The molecule has 138 valence electrons. The summed E-state index contributed by atoms with van der Waals surface area (Å²) in [5.41, 5.74) is 0.314. The number of hydrogen-bond donors (Lipinski definition) is 2. The molecule has 2 amide bonds. The van der Waals surface area contributed by atoms with Crippen LogP contribution in [0.25, 0.3) is 0 Å². The van der Waals surface area contributed by atoms with E-state index in [4.69, 9.17) is 4.74 Å². The van der Waals surface area contributed by atoms with Gasteiger partial charge in [0, 0.05) is 6.54 Å². The second kappa shape index (κ2) is 8.89. The van der Waals surface area contributed by atoms with Crippen LogP contribution in [0.4, 0.5) is 13.2 Å². The second-order valence-electron chi connectivity index (χ2n) is 5.35. The third kappa shape index (κ3) is 4.98. The zero-order valence-corrected chi connectivity index (χ0v) is 13.9. The largest absolute Gasteiger partial charge is 0.497 e. The van der Waals surface area contributed by atoms with E-state index in [0.717, 1.165) is 17.4 Å². The fraction of sp³-hybridized carbons (Fsp3) is 0.222. The average molecular weight is 366 g/mol. The van der Waals surface area contributed by atoms with E-state index < -0.39 is 41.4 Å². The van der Waals surface area contributed by atoms with Gasteiger partial charge in [0.15, 0.2) is 17.5 Å². The summed E-state index contributed by atoms with van der Waals surface area (Å²) in [4.78, 5) is 23.5. The van der Waals surface area contributed by atoms with E-state index in [2.05, 4.69) is 10.6 Å². The molecule has 5 nitrogen and oxygen atoms in total. The molecule has 0 aliphatic rings. The summed E-state index contributed by atoms with van der Waals surface area (Å²) in [5.74, 6) is -5.49. The van der Waals surface area contributed by atoms with Crippen molar-refractivity contribution in [3.8, 4) is 5.75 Å². The van der Waals surface area contributed by atoms with Crippen molar-refractivity contribution in [1.82, 2.24) is 10.6 Å². The van der Waals surface area contributed by atoms with Gasteiger partial charge >= 0.3 is 0 Å². The Kier molecular flexibility index (Phi) is 6.60. The SMILES string of the molecule is COc1ccc(CCNC(=O)CNC(=O)c2ccc(F)c(F)c2F)cc1. The highest BCUT2D eigenvalue weighted by Gasteiger charge is 2.19. The number of rotatable bonds is 7. The summed E-state index contributed by atoms with van der Waals surface area (Å²) in [7, 11) is 1.57. The molecule has 0 atom stereocenters. The van der Waals surface area contributed by atoms with E-state index in [-0.39, 0.29) is 0 Å². The maximum absolute atomic E-state index is 13.5. The Morgan fingerprint density at radius 2 is 1.65 bits per heavy atom. The van der Waals surface area contributed by atoms with Crippen LogP contribution in [0.2, 0.25) is 0 Å². The van der Waals surface area contributed by atoms with E-state index >= 15 is 0 Å². The Labute approximate surface area is 148 Å². The minimum Gasteiger partial charge on any atom is -0.497 e. The summed E-state index contributed by atoms with van der Waals surface area (Å²) >= 11 is 0. The van der Waals surface area contributed by atoms with Gasteiger partial charge in [-0.3, -0.25) is 9.59 Å². The van der Waals surface area contributed by atoms with E-state index in [1.54, 1.807) is 19.2 Å². The van der Waals surface area contributed by atoms with Crippen molar-refractivity contribution >= 4 is 11.8 Å². The maximum atomic E-state index is 13.5. The lowest BCUT2D eigenvalue weighted by Gasteiger charge is -2.08. The van der Waals surface area contributed by atoms with Crippen molar-refractivity contribution in [2.24, 2.45) is 0 Å². The standard InChI is InChI=1S/C18H17F3N2O3/c1-26-12-4-2-11(3-5-12)8-9-22-15(24)10-23-18(25)13-6-7-14(19)17(21)16(13)20/h2-7H,8-10H2,1H3,(H,22,24)(H,23,25). The monoisotopic (exact) mass is 366 g/mol. The predicted molar refractivity (Wildman–Crippen MR) is 88.4 cm³/mol. The second-order valence-corrected chi connectivity index (χ2v) is 5.35. The number of methoxy groups -OCH3 is 1. The van der Waals surface area contributed by atoms with Gasteiger partial charge in [-0.2, -0.15) is 0 Å². The Hall–Kier alpha value is -3.03. The quantitative estimate of drug-likeness (QED) is 0.739. The van der Waals surface area contributed by atoms with Crippen LogP contribution >= 0.6 is 0 Å². The number of ether oxygens (including phenoxy) is 1. The van der Waals surface area contributed by atoms with Crippen molar-refractivity contribution in [2.45, 2.75) is 6.42 Å². The summed E-state index contributed by atoms with van der Waals surface area (Å²) in [6, 6.07) is 8.77. The lowest BCUT2D eigenvalue weighted by Crippen LogP contribution is -2.38. The molecule has 0 aliphatic carbocycles. The van der Waals surface area contributed by atoms with Crippen LogP contribution in [0.3, 0.4) is 0 Å². The van der Waals surface area contributed by atoms with Crippen LogP contribution in [0.15, 0.2) is 36.4 Å². The molecule has 2 rings (SSSR count). The van der Waals surface area contributed by atoms with Crippen LogP contribution in [0.1, 0.15) is 15.9 Å². The molecule has 0 bridgehead atoms. The zero-order valence-electron chi connectivity index (χ0n) is 13.9. The van der Waals surface area contributed by atoms with Crippen LogP contribution in [0, 0.1) is 17.5 Å². The van der Waals surface area contributed by atoms with Gasteiger partial charge in [-0.25, -0.2) is 13.2 Å². The lowest BCUT2D eigenvalue weighted by atomic mass is 10.1. The normalized spacial score (nSPS) is 10.3. The summed E-state index contributed by atoms with van der Waals surface area (Å²) in [6.45, 7) is -0.0829. The van der Waals surface area contributed by atoms with Crippen LogP contribution in [-0.4, -0.2) is 32.0 Å². The Balaban J connectivity index is 1.77. The molecule has 0 aromatic heterocycles. The molecule has 0 unspecified atom stereocenters. The van der Waals surface area contributed by atoms with Crippen molar-refractivity contribution in [3.63, 3.8) is 0 Å². The first-order valence-electron chi connectivity index (χ1n) is 7.73. The third-order valence-electron chi connectivity index (χ3n) is 3.58. The van der Waals surface area contributed by atoms with Gasteiger partial charge < -0.3 is 15.4 Å². The van der Waals surface area contributed by atoms with Crippen LogP contribution in [-0.2, 0) is 11.2 Å². The highest BCUT2D eigenvalue weighted by Crippen LogP contribution is 2.15. The topological polar surface area (TPSA) is 67.4 Å². The molecular weight excluding hydrogens is 349 g/mol. The molecule has 0 heterocycles. The van der Waals surface area contributed by atoms with Crippen molar-refractivity contribution in [3.05, 3.63) is 65.0 Å². The van der Waals surface area contributed by atoms with Gasteiger partial charge in [-0.05, 0) is 36.2 Å². The molecule has 0 aliphatic heterocycles. The molecule has 0 saturated heterocycles. The van der Waals surface area contributed by atoms with Gasteiger partial charge in [0.1, 0.15) is 5.75 Å². The van der Waals surface area contributed by atoms with E-state index in [0.29, 0.717) is 19.0 Å². The highest BCUT2D eigenvalue weighted by molar-refractivity contribution is 5.96. The Bertz CT molecular complexity index is 795. The summed E-state index contributed by atoms with van der Waals surface area (Å²) in [6.07, 6.45) is 0.571. The molecular formula is C18H17F3N2O3. The van der Waals surface area contributed by atoms with Gasteiger partial charge in [0.2, 0.25) is 5.91 Å². The van der Waals surface area contributed by atoms with Crippen LogP contribution < -0.4 is 15.4 Å². The predicted octanol–water partition coefficient (Wildman–Crippen LogP) is 2.20. The minimum absolute atomic E-state index is 0.334. The Morgan fingerprint density at radius 3 is 2.31 bits per heavy atom. The third-order valence-corrected chi connectivity index (χ3v) is 3.58. The Morgan fingerprint density at radius 1 is 0.962 bits per heavy atom. The van der Waals surface area contributed by atoms with Gasteiger partial charge in [0.25, 0.3) is 5.91 Å². The number of hydrogen-bond acceptors (Lipinski definition) is 3. The molecule has 0 spiro atoms. The molecule has 0 saturated carbocycles. The smallest absolute Gasteiger partial charge is 0.254 e. The van der Waals surface area contributed by atoms with Gasteiger partial charge in [-0.15, -0.1) is 0 Å². The van der Waals surface area contributed by atoms with Gasteiger partial charge in [-0.1, -0.05) is 12.1 Å². The number of benzene rings is 2. The molecule has 0 radical (unpaired) electrons. The minimum atomic E-state index is -1.73. The first-order valence-corrected chi connectivity index (χ1v) is 7.73. The fourth-order valence-corrected chi connectivity index (χ4v) is 2.16. The molecule has 2 aromatic rings. The number of carbonyl (C=O) groups excluding carboxylic acids is 2. The fourth-order valence-electron chi connectivity index (χ4n) is 2.16. The van der Waals surface area contributed by atoms with Crippen molar-refractivity contribution < 1.29 is 27.5 Å². The summed E-state index contributed by atoms with van der Waals surface area (Å²) in [5, 5.41) is 4.74. The molecule has 2 aromatic carbocycles. The number of halogens is 3. The highest BCUT2D eigenvalue weighted by atomic mass is 19.2. The molecule has 0 fully saturated rings. The average Bonchev–Trinajstić information content (AvgIpc) is 2.65. The molecule has 8 heteroatoms. The number of nitrogens with one attached hydrogen (secondary N) is 2. The first kappa shape index (κ1) is 19.3. The summed E-state index contributed by atoms with van der Waals surface area (Å²) < 4.78 is 44.5. The number of carbonyl (C=O) groups is 2. The van der Waals surface area contributed by atoms with E-state index in [9.17, 15) is 22.8 Å². The maximum Gasteiger partial charge on any atom is 0.254 e. The van der Waals surface area contributed by atoms with E-state index in [1.165, 1.54) is 0 Å². The first-order chi connectivity index (χ1) is 12.4. The zero-order chi connectivity index (χ0) is 19.1. The lowest BCUT2D eigenvalue weighted by molar-refractivity contribution is -0.120.